The number of nitrogens with zero attached hydrogens (tertiary/aromatic N) is 3. The van der Waals surface area contributed by atoms with Crippen LogP contribution in [0.4, 0.5) is 9.18 Å². The standard InChI is InChI=1S/C22H20BrClFN3O4/c1-5-31-20(29)18-17(12-9-10-15(23)26-11-12)27-19(16-13(24)7-6-8-14(16)25)28(18)21(30)32-22(2,3)4/h6-11H,5H2,1-4H3. The van der Waals surface area contributed by atoms with Gasteiger partial charge < -0.3 is 9.47 Å². The molecule has 10 heteroatoms. The summed E-state index contributed by atoms with van der Waals surface area (Å²) in [7, 11) is 0. The molecule has 0 amide bonds. The lowest BCUT2D eigenvalue weighted by Crippen LogP contribution is -2.30. The lowest BCUT2D eigenvalue weighted by Gasteiger charge is -2.21. The Morgan fingerprint density at radius 2 is 1.94 bits per heavy atom. The predicted molar refractivity (Wildman–Crippen MR) is 121 cm³/mol. The van der Waals surface area contributed by atoms with Crippen molar-refractivity contribution >= 4 is 39.6 Å². The zero-order chi connectivity index (χ0) is 23.6. The molecule has 0 unspecified atom stereocenters. The highest BCUT2D eigenvalue weighted by Gasteiger charge is 2.33. The molecule has 0 spiro atoms. The number of rotatable bonds is 4. The second kappa shape index (κ2) is 9.38. The number of hydrogen-bond acceptors (Lipinski definition) is 6. The van der Waals surface area contributed by atoms with Gasteiger partial charge in [-0.25, -0.2) is 28.5 Å². The third-order valence-corrected chi connectivity index (χ3v) is 4.89. The van der Waals surface area contributed by atoms with E-state index in [0.717, 1.165) is 4.57 Å². The van der Waals surface area contributed by atoms with Crippen LogP contribution in [0.1, 0.15) is 38.2 Å². The molecule has 0 atom stereocenters. The molecule has 0 radical (unpaired) electrons. The first-order valence-electron chi connectivity index (χ1n) is 9.63. The highest BCUT2D eigenvalue weighted by Crippen LogP contribution is 2.35. The Morgan fingerprint density at radius 3 is 2.50 bits per heavy atom. The van der Waals surface area contributed by atoms with E-state index in [9.17, 15) is 14.0 Å². The molecule has 32 heavy (non-hydrogen) atoms. The summed E-state index contributed by atoms with van der Waals surface area (Å²) < 4.78 is 27.0. The lowest BCUT2D eigenvalue weighted by molar-refractivity contribution is 0.0452. The summed E-state index contributed by atoms with van der Waals surface area (Å²) in [5, 5.41) is 0.00991. The minimum atomic E-state index is -0.932. The summed E-state index contributed by atoms with van der Waals surface area (Å²) in [4.78, 5) is 34.8. The van der Waals surface area contributed by atoms with Crippen LogP contribution in [0.3, 0.4) is 0 Å². The van der Waals surface area contributed by atoms with Gasteiger partial charge in [-0.1, -0.05) is 17.7 Å². The number of halogens is 3. The predicted octanol–water partition coefficient (Wildman–Crippen LogP) is 6.13. The van der Waals surface area contributed by atoms with Crippen LogP contribution in [0.2, 0.25) is 5.02 Å². The Bertz CT molecular complexity index is 1150. The van der Waals surface area contributed by atoms with Gasteiger partial charge in [0, 0.05) is 11.8 Å². The van der Waals surface area contributed by atoms with Crippen LogP contribution < -0.4 is 0 Å². The van der Waals surface area contributed by atoms with E-state index in [2.05, 4.69) is 25.9 Å². The van der Waals surface area contributed by atoms with Crippen LogP contribution >= 0.6 is 27.5 Å². The van der Waals surface area contributed by atoms with Gasteiger partial charge in [-0.15, -0.1) is 0 Å². The average molecular weight is 525 g/mol. The van der Waals surface area contributed by atoms with Crippen molar-refractivity contribution in [3.63, 3.8) is 0 Å². The van der Waals surface area contributed by atoms with Crippen molar-refractivity contribution < 1.29 is 23.5 Å². The van der Waals surface area contributed by atoms with Crippen LogP contribution in [0, 0.1) is 5.82 Å². The molecule has 2 aromatic heterocycles. The number of hydrogen-bond donors (Lipinski definition) is 0. The van der Waals surface area contributed by atoms with Gasteiger partial charge in [-0.2, -0.15) is 0 Å². The van der Waals surface area contributed by atoms with Gasteiger partial charge in [0.25, 0.3) is 0 Å². The first kappa shape index (κ1) is 23.9. The third kappa shape index (κ3) is 4.99. The number of esters is 1. The number of carbonyl (C=O) groups excluding carboxylic acids is 2. The monoisotopic (exact) mass is 523 g/mol. The van der Waals surface area contributed by atoms with E-state index in [1.54, 1.807) is 39.8 Å². The van der Waals surface area contributed by atoms with Gasteiger partial charge in [0.2, 0.25) is 0 Å². The number of benzene rings is 1. The van der Waals surface area contributed by atoms with Crippen molar-refractivity contribution in [2.24, 2.45) is 0 Å². The molecule has 0 aliphatic heterocycles. The van der Waals surface area contributed by atoms with Crippen molar-refractivity contribution in [2.45, 2.75) is 33.3 Å². The quantitative estimate of drug-likeness (QED) is 0.302. The molecule has 3 rings (SSSR count). The van der Waals surface area contributed by atoms with Gasteiger partial charge in [0.1, 0.15) is 21.7 Å². The van der Waals surface area contributed by atoms with E-state index in [4.69, 9.17) is 21.1 Å². The minimum Gasteiger partial charge on any atom is -0.461 e. The van der Waals surface area contributed by atoms with E-state index in [-0.39, 0.29) is 34.4 Å². The summed E-state index contributed by atoms with van der Waals surface area (Å²) in [5.74, 6) is -1.74. The molecular weight excluding hydrogens is 505 g/mol. The SMILES string of the molecule is CCOC(=O)c1c(-c2ccc(Br)nc2)nc(-c2c(F)cccc2Cl)n1C(=O)OC(C)(C)C. The summed E-state index contributed by atoms with van der Waals surface area (Å²) in [6.07, 6.45) is 0.528. The van der Waals surface area contributed by atoms with Crippen molar-refractivity contribution in [2.75, 3.05) is 6.61 Å². The summed E-state index contributed by atoms with van der Waals surface area (Å²) >= 11 is 9.52. The number of aromatic nitrogens is 3. The Morgan fingerprint density at radius 1 is 1.22 bits per heavy atom. The lowest BCUT2D eigenvalue weighted by atomic mass is 10.1. The Balaban J connectivity index is 2.39. The van der Waals surface area contributed by atoms with Crippen LogP contribution in [0.25, 0.3) is 22.6 Å². The molecule has 2 heterocycles. The minimum absolute atomic E-state index is 0.00991. The van der Waals surface area contributed by atoms with Crippen molar-refractivity contribution in [3.05, 3.63) is 57.7 Å². The van der Waals surface area contributed by atoms with Gasteiger partial charge in [0.05, 0.1) is 17.2 Å². The highest BCUT2D eigenvalue weighted by atomic mass is 79.9. The summed E-state index contributed by atoms with van der Waals surface area (Å²) in [6, 6.07) is 7.35. The molecular formula is C22H20BrClFN3O4. The third-order valence-electron chi connectivity index (χ3n) is 4.11. The first-order chi connectivity index (χ1) is 15.0. The molecule has 1 aromatic carbocycles. The fourth-order valence-corrected chi connectivity index (χ4v) is 3.37. The van der Waals surface area contributed by atoms with Crippen molar-refractivity contribution in [1.29, 1.82) is 0 Å². The number of pyridine rings is 1. The van der Waals surface area contributed by atoms with E-state index in [1.807, 2.05) is 0 Å². The zero-order valence-corrected chi connectivity index (χ0v) is 20.1. The van der Waals surface area contributed by atoms with Gasteiger partial charge in [-0.3, -0.25) is 0 Å². The topological polar surface area (TPSA) is 83.3 Å². The number of ether oxygens (including phenoxy) is 2. The zero-order valence-electron chi connectivity index (χ0n) is 17.8. The van der Waals surface area contributed by atoms with E-state index in [1.165, 1.54) is 24.4 Å². The second-order valence-electron chi connectivity index (χ2n) is 7.64. The van der Waals surface area contributed by atoms with Gasteiger partial charge >= 0.3 is 12.1 Å². The molecule has 7 nitrogen and oxygen atoms in total. The molecule has 0 bridgehead atoms. The van der Waals surface area contributed by atoms with Gasteiger partial charge in [-0.05, 0) is 67.9 Å². The molecule has 3 aromatic rings. The first-order valence-corrected chi connectivity index (χ1v) is 10.8. The Hall–Kier alpha value is -2.78. The van der Waals surface area contributed by atoms with Crippen LogP contribution in [-0.4, -0.2) is 38.8 Å². The number of imidazole rings is 1. The molecule has 0 saturated carbocycles. The van der Waals surface area contributed by atoms with E-state index >= 15 is 0 Å². The maximum atomic E-state index is 14.8. The maximum absolute atomic E-state index is 14.8. The summed E-state index contributed by atoms with van der Waals surface area (Å²) in [5.41, 5.74) is -0.791. The van der Waals surface area contributed by atoms with Crippen LogP contribution in [0.15, 0.2) is 41.1 Å². The van der Waals surface area contributed by atoms with Crippen molar-refractivity contribution in [3.8, 4) is 22.6 Å². The smallest absolute Gasteiger partial charge is 0.421 e. The molecule has 0 fully saturated rings. The fourth-order valence-electron chi connectivity index (χ4n) is 2.89. The largest absolute Gasteiger partial charge is 0.461 e. The Kier molecular flexibility index (Phi) is 7.00. The molecule has 0 saturated heterocycles. The number of carbonyl (C=O) groups is 2. The fraction of sp³-hybridized carbons (Fsp3) is 0.273. The van der Waals surface area contributed by atoms with Gasteiger partial charge in [0.15, 0.2) is 11.5 Å². The highest BCUT2D eigenvalue weighted by molar-refractivity contribution is 9.10. The molecule has 168 valence electrons. The molecule has 0 aliphatic carbocycles. The maximum Gasteiger partial charge on any atom is 0.421 e. The van der Waals surface area contributed by atoms with E-state index < -0.39 is 23.5 Å². The molecule has 0 aliphatic rings. The summed E-state index contributed by atoms with van der Waals surface area (Å²) in [6.45, 7) is 6.68. The second-order valence-corrected chi connectivity index (χ2v) is 8.85. The van der Waals surface area contributed by atoms with E-state index in [0.29, 0.717) is 10.2 Å². The Labute approximate surface area is 197 Å². The van der Waals surface area contributed by atoms with Crippen LogP contribution in [-0.2, 0) is 9.47 Å². The van der Waals surface area contributed by atoms with Crippen LogP contribution in [0.5, 0.6) is 0 Å². The average Bonchev–Trinajstić information content (AvgIpc) is 3.08. The van der Waals surface area contributed by atoms with Crippen molar-refractivity contribution in [1.82, 2.24) is 14.5 Å². The molecule has 0 N–H and O–H groups in total. The normalized spacial score (nSPS) is 11.3.